The van der Waals surface area contributed by atoms with Gasteiger partial charge in [0, 0.05) is 30.6 Å². The Morgan fingerprint density at radius 1 is 1.14 bits per heavy atom. The van der Waals surface area contributed by atoms with E-state index in [1.54, 1.807) is 11.0 Å². The highest BCUT2D eigenvalue weighted by Crippen LogP contribution is 2.60. The number of hydrogen-bond donors (Lipinski definition) is 5. The Kier molecular flexibility index (Phi) is 8.46. The van der Waals surface area contributed by atoms with Crippen molar-refractivity contribution >= 4 is 52.2 Å². The second-order valence-corrected chi connectivity index (χ2v) is 13.5. The predicted octanol–water partition coefficient (Wildman–Crippen LogP) is 2.06. The molecule has 2 heterocycles. The van der Waals surface area contributed by atoms with Crippen molar-refractivity contribution in [1.29, 1.82) is 0 Å². The summed E-state index contributed by atoms with van der Waals surface area (Å²) in [5, 5.41) is 17.7. The number of carbonyl (C=O) groups excluding carboxylic acids is 3. The molecule has 1 aromatic carbocycles. The van der Waals surface area contributed by atoms with E-state index in [2.05, 4.69) is 26.4 Å². The standard InChI is InChI=1S/C30H39N7O6S/c38-25(16-37(26(39)15-31-28(37)44)7-3-6-33-36-18-32-22-4-1-2-5-23(22)36)34-24(11-27(40)41)35-29(42)43-17-30-12-19-8-20(13-30)10-21(9-19)14-30/h1-2,4-5,18-21,24,33H,3,6-17H2,(H3-,31,34,35,38,40,41,42,44)/p+1. The van der Waals surface area contributed by atoms with E-state index >= 15 is 0 Å². The zero-order valence-corrected chi connectivity index (χ0v) is 25.4. The molecule has 3 amide bonds. The summed E-state index contributed by atoms with van der Waals surface area (Å²) in [7, 11) is 0. The van der Waals surface area contributed by atoms with Gasteiger partial charge in [-0.3, -0.25) is 9.59 Å². The minimum absolute atomic E-state index is 0.000841. The number of carbonyl (C=O) groups is 4. The van der Waals surface area contributed by atoms with Crippen LogP contribution in [0.4, 0.5) is 4.79 Å². The number of imidazole rings is 1. The van der Waals surface area contributed by atoms with Gasteiger partial charge in [0.05, 0.1) is 30.6 Å². The van der Waals surface area contributed by atoms with E-state index in [4.69, 9.17) is 17.0 Å². The molecular formula is C30H40N7O6S+. The van der Waals surface area contributed by atoms with Crippen LogP contribution in [0.25, 0.3) is 11.0 Å². The normalized spacial score (nSPS) is 29.3. The average molecular weight is 627 g/mol. The quantitative estimate of drug-likeness (QED) is 0.0963. The Labute approximate surface area is 260 Å². The molecule has 4 bridgehead atoms. The monoisotopic (exact) mass is 626 g/mol. The number of aromatic nitrogens is 2. The van der Waals surface area contributed by atoms with Gasteiger partial charge in [0.25, 0.3) is 11.0 Å². The molecular weight excluding hydrogens is 586 g/mol. The van der Waals surface area contributed by atoms with E-state index < -0.39 is 30.6 Å². The fraction of sp³-hybridized carbons (Fsp3) is 0.600. The minimum Gasteiger partial charge on any atom is -0.481 e. The third-order valence-corrected chi connectivity index (χ3v) is 10.3. The molecule has 236 valence electrons. The first-order valence-corrected chi connectivity index (χ1v) is 15.8. The number of alkyl carbamates (subject to hydrolysis) is 1. The number of nitrogens with one attached hydrogen (secondary N) is 4. The molecule has 2 unspecified atom stereocenters. The van der Waals surface area contributed by atoms with Crippen molar-refractivity contribution in [3.63, 3.8) is 0 Å². The van der Waals surface area contributed by atoms with Gasteiger partial charge in [0.15, 0.2) is 6.54 Å². The number of hydrogen-bond acceptors (Lipinski definition) is 8. The number of fused-ring (bicyclic) bond motifs is 1. The van der Waals surface area contributed by atoms with Crippen LogP contribution in [0.3, 0.4) is 0 Å². The molecule has 2 aromatic rings. The molecule has 1 aromatic heterocycles. The van der Waals surface area contributed by atoms with Crippen LogP contribution in [0, 0.1) is 23.2 Å². The van der Waals surface area contributed by atoms with Crippen molar-refractivity contribution in [2.45, 2.75) is 57.5 Å². The molecule has 7 rings (SSSR count). The minimum atomic E-state index is -1.21. The maximum absolute atomic E-state index is 13.2. The third-order valence-electron chi connectivity index (χ3n) is 9.80. The third kappa shape index (κ3) is 6.36. The first kappa shape index (κ1) is 30.3. The highest BCUT2D eigenvalue weighted by molar-refractivity contribution is 7.80. The number of quaternary nitrogens is 1. The van der Waals surface area contributed by atoms with Gasteiger partial charge in [-0.1, -0.05) is 12.1 Å². The largest absolute Gasteiger partial charge is 0.481 e. The predicted molar refractivity (Wildman–Crippen MR) is 163 cm³/mol. The van der Waals surface area contributed by atoms with Crippen molar-refractivity contribution in [2.75, 3.05) is 38.2 Å². The fourth-order valence-corrected chi connectivity index (χ4v) is 8.66. The van der Waals surface area contributed by atoms with Crippen LogP contribution in [0.15, 0.2) is 30.6 Å². The van der Waals surface area contributed by atoms with Gasteiger partial charge in [-0.15, -0.1) is 0 Å². The number of nitrogens with zero attached hydrogens (tertiary/aromatic N) is 3. The van der Waals surface area contributed by atoms with Crippen LogP contribution >= 0.6 is 12.2 Å². The lowest BCUT2D eigenvalue weighted by Gasteiger charge is -2.56. The summed E-state index contributed by atoms with van der Waals surface area (Å²) in [6.07, 6.45) is 6.70. The lowest BCUT2D eigenvalue weighted by Crippen LogP contribution is -2.60. The highest BCUT2D eigenvalue weighted by Gasteiger charge is 2.52. The van der Waals surface area contributed by atoms with Crippen molar-refractivity contribution in [3.05, 3.63) is 30.6 Å². The Morgan fingerprint density at radius 2 is 1.84 bits per heavy atom. The lowest BCUT2D eigenvalue weighted by atomic mass is 9.50. The zero-order chi connectivity index (χ0) is 30.9. The average Bonchev–Trinajstić information content (AvgIpc) is 3.49. The van der Waals surface area contributed by atoms with Crippen molar-refractivity contribution in [3.8, 4) is 0 Å². The number of thiocarbonyl (C=S) groups is 1. The molecule has 13 nitrogen and oxygen atoms in total. The van der Waals surface area contributed by atoms with E-state index in [9.17, 15) is 24.3 Å². The summed E-state index contributed by atoms with van der Waals surface area (Å²) in [5.74, 6) is 0.0585. The molecule has 2 atom stereocenters. The zero-order valence-electron chi connectivity index (χ0n) is 24.6. The van der Waals surface area contributed by atoms with Crippen LogP contribution in [-0.4, -0.2) is 87.2 Å². The van der Waals surface area contributed by atoms with Gasteiger partial charge in [-0.2, -0.15) is 4.48 Å². The molecule has 4 aliphatic carbocycles. The summed E-state index contributed by atoms with van der Waals surface area (Å²) in [4.78, 5) is 55.0. The number of ether oxygens (including phenoxy) is 1. The Balaban J connectivity index is 1.03. The Morgan fingerprint density at radius 3 is 2.50 bits per heavy atom. The van der Waals surface area contributed by atoms with Gasteiger partial charge >= 0.3 is 18.0 Å². The maximum atomic E-state index is 13.2. The molecule has 44 heavy (non-hydrogen) atoms. The number of benzene rings is 1. The van der Waals surface area contributed by atoms with Crippen molar-refractivity contribution < 1.29 is 33.5 Å². The van der Waals surface area contributed by atoms with Gasteiger partial charge in [0.2, 0.25) is 0 Å². The number of para-hydroxylation sites is 2. The number of rotatable bonds is 13. The molecule has 1 saturated heterocycles. The SMILES string of the molecule is O=C(O)CC(NC(=O)C[N+]1(CCCNn2cnc3ccccc32)C(=O)CNC1=S)NC(=O)OCC12CC3CC(CC(C3)C1)C2. The summed E-state index contributed by atoms with van der Waals surface area (Å²) in [6, 6.07) is 7.68. The molecule has 14 heteroatoms. The van der Waals surface area contributed by atoms with Crippen LogP contribution in [0.2, 0.25) is 0 Å². The molecule has 5 fully saturated rings. The summed E-state index contributed by atoms with van der Waals surface area (Å²) in [6.45, 7) is 0.712. The second kappa shape index (κ2) is 12.3. The van der Waals surface area contributed by atoms with Crippen molar-refractivity contribution in [2.24, 2.45) is 23.2 Å². The highest BCUT2D eigenvalue weighted by atomic mass is 32.1. The summed E-state index contributed by atoms with van der Waals surface area (Å²) >= 11 is 5.48. The summed E-state index contributed by atoms with van der Waals surface area (Å²) in [5.41, 5.74) is 5.03. The van der Waals surface area contributed by atoms with Crippen LogP contribution < -0.4 is 21.4 Å². The van der Waals surface area contributed by atoms with Crippen LogP contribution in [0.1, 0.15) is 51.4 Å². The van der Waals surface area contributed by atoms with E-state index in [-0.39, 0.29) is 40.6 Å². The van der Waals surface area contributed by atoms with Gasteiger partial charge < -0.3 is 31.2 Å². The summed E-state index contributed by atoms with van der Waals surface area (Å²) < 4.78 is 7.05. The number of carboxylic acids is 1. The number of amides is 3. The Hall–Kier alpha value is -3.78. The van der Waals surface area contributed by atoms with Crippen LogP contribution in [0.5, 0.6) is 0 Å². The van der Waals surface area contributed by atoms with E-state index in [0.717, 1.165) is 30.3 Å². The number of carboxylic acid groups (broad SMARTS) is 1. The second-order valence-electron chi connectivity index (χ2n) is 13.1. The van der Waals surface area contributed by atoms with Gasteiger partial charge in [0.1, 0.15) is 19.0 Å². The van der Waals surface area contributed by atoms with E-state index in [1.807, 2.05) is 24.3 Å². The van der Waals surface area contributed by atoms with Gasteiger partial charge in [-0.25, -0.2) is 19.2 Å². The fourth-order valence-electron chi connectivity index (χ4n) is 8.33. The first-order valence-electron chi connectivity index (χ1n) is 15.4. The maximum Gasteiger partial charge on any atom is 0.408 e. The molecule has 5 aliphatic rings. The lowest BCUT2D eigenvalue weighted by molar-refractivity contribution is -0.748. The topological polar surface area (TPSA) is 164 Å². The molecule has 1 aliphatic heterocycles. The smallest absolute Gasteiger partial charge is 0.408 e. The first-order chi connectivity index (χ1) is 21.1. The Bertz CT molecular complexity index is 1410. The van der Waals surface area contributed by atoms with Gasteiger partial charge in [-0.05, 0) is 68.4 Å². The molecule has 0 spiro atoms. The van der Waals surface area contributed by atoms with E-state index in [0.29, 0.717) is 37.3 Å². The van der Waals surface area contributed by atoms with Crippen molar-refractivity contribution in [1.82, 2.24) is 25.6 Å². The molecule has 4 saturated carbocycles. The van der Waals surface area contributed by atoms with E-state index in [1.165, 1.54) is 19.3 Å². The molecule has 0 radical (unpaired) electrons. The van der Waals surface area contributed by atoms with Crippen LogP contribution in [-0.2, 0) is 19.1 Å². The molecule has 5 N–H and O–H groups in total. The number of aliphatic carboxylic acids is 1.